The van der Waals surface area contributed by atoms with E-state index in [4.69, 9.17) is 0 Å². The molecule has 5 nitrogen and oxygen atoms in total. The molecule has 1 N–H and O–H groups in total. The molecule has 0 bridgehead atoms. The Morgan fingerprint density at radius 2 is 1.83 bits per heavy atom. The maximum Gasteiger partial charge on any atom is 0.232 e. The lowest BCUT2D eigenvalue weighted by Gasteiger charge is -2.20. The summed E-state index contributed by atoms with van der Waals surface area (Å²) in [5, 5.41) is 2.72. The normalized spacial score (nSPS) is 10.1. The van der Waals surface area contributed by atoms with Crippen molar-refractivity contribution in [3.05, 3.63) is 66.0 Å². The van der Waals surface area contributed by atoms with Gasteiger partial charge in [-0.1, -0.05) is 36.4 Å². The largest absolute Gasteiger partial charge is 0.350 e. The first-order chi connectivity index (χ1) is 11.2. The quantitative estimate of drug-likeness (QED) is 0.797. The molecule has 0 aliphatic rings. The average Bonchev–Trinajstić information content (AvgIpc) is 2.59. The molecule has 0 saturated heterocycles. The molecule has 0 aliphatic heterocycles. The third-order valence-electron chi connectivity index (χ3n) is 3.46. The number of hydrogen-bond acceptors (Lipinski definition) is 3. The fourth-order valence-electron chi connectivity index (χ4n) is 2.18. The summed E-state index contributed by atoms with van der Waals surface area (Å²) in [6.45, 7) is 3.33. The molecule has 1 aromatic carbocycles. The van der Waals surface area contributed by atoms with Crippen molar-refractivity contribution >= 4 is 11.8 Å². The van der Waals surface area contributed by atoms with Crippen molar-refractivity contribution in [2.75, 3.05) is 6.54 Å². The van der Waals surface area contributed by atoms with Crippen molar-refractivity contribution < 1.29 is 9.59 Å². The molecular formula is C18H21N3O2. The van der Waals surface area contributed by atoms with Crippen LogP contribution in [0.5, 0.6) is 0 Å². The summed E-state index contributed by atoms with van der Waals surface area (Å²) >= 11 is 0. The van der Waals surface area contributed by atoms with Gasteiger partial charge in [0.25, 0.3) is 0 Å². The topological polar surface area (TPSA) is 62.3 Å². The van der Waals surface area contributed by atoms with Crippen molar-refractivity contribution in [2.24, 2.45) is 0 Å². The van der Waals surface area contributed by atoms with Gasteiger partial charge in [-0.25, -0.2) is 0 Å². The van der Waals surface area contributed by atoms with E-state index >= 15 is 0 Å². The fourth-order valence-corrected chi connectivity index (χ4v) is 2.18. The number of carbonyl (C=O) groups is 2. The Morgan fingerprint density at radius 3 is 2.48 bits per heavy atom. The molecule has 2 rings (SSSR count). The molecule has 0 saturated carbocycles. The fraction of sp³-hybridized carbons (Fsp3) is 0.278. The summed E-state index contributed by atoms with van der Waals surface area (Å²) < 4.78 is 0. The molecule has 5 heteroatoms. The van der Waals surface area contributed by atoms with Crippen LogP contribution in [0.4, 0.5) is 0 Å². The minimum atomic E-state index is -0.285. The van der Waals surface area contributed by atoms with Gasteiger partial charge in [-0.2, -0.15) is 0 Å². The highest BCUT2D eigenvalue weighted by atomic mass is 16.2. The van der Waals surface area contributed by atoms with E-state index in [1.807, 2.05) is 55.5 Å². The number of aromatic nitrogens is 1. The summed E-state index contributed by atoms with van der Waals surface area (Å²) in [5.74, 6) is -0.456. The Labute approximate surface area is 136 Å². The van der Waals surface area contributed by atoms with E-state index in [1.54, 1.807) is 11.1 Å². The predicted octanol–water partition coefficient (Wildman–Crippen LogP) is 2.14. The second-order valence-electron chi connectivity index (χ2n) is 5.17. The van der Waals surface area contributed by atoms with Crippen LogP contribution in [0.2, 0.25) is 0 Å². The van der Waals surface area contributed by atoms with Gasteiger partial charge in [0.2, 0.25) is 11.8 Å². The lowest BCUT2D eigenvalue weighted by molar-refractivity contribution is -0.136. The van der Waals surface area contributed by atoms with Crippen LogP contribution in [-0.4, -0.2) is 28.2 Å². The van der Waals surface area contributed by atoms with E-state index in [0.717, 1.165) is 11.3 Å². The van der Waals surface area contributed by atoms with E-state index in [9.17, 15) is 9.59 Å². The van der Waals surface area contributed by atoms with Gasteiger partial charge < -0.3 is 10.2 Å². The molecule has 1 aromatic heterocycles. The lowest BCUT2D eigenvalue weighted by atomic mass is 10.2. The standard InChI is InChI=1S/C18H21N3O2/c1-2-21(14-15-8-4-3-5-9-15)18(23)12-17(22)20-13-16-10-6-7-11-19-16/h3-11H,2,12-14H2,1H3,(H,20,22). The molecule has 1 heterocycles. The number of pyridine rings is 1. The molecule has 2 amide bonds. The first-order valence-corrected chi connectivity index (χ1v) is 7.67. The monoisotopic (exact) mass is 311 g/mol. The molecule has 120 valence electrons. The first-order valence-electron chi connectivity index (χ1n) is 7.67. The number of amides is 2. The van der Waals surface area contributed by atoms with Gasteiger partial charge in [0.05, 0.1) is 12.2 Å². The van der Waals surface area contributed by atoms with Crippen molar-refractivity contribution in [1.29, 1.82) is 0 Å². The maximum atomic E-state index is 12.2. The SMILES string of the molecule is CCN(Cc1ccccc1)C(=O)CC(=O)NCc1ccccn1. The summed E-state index contributed by atoms with van der Waals surface area (Å²) in [6, 6.07) is 15.3. The molecule has 0 aliphatic carbocycles. The molecule has 23 heavy (non-hydrogen) atoms. The maximum absolute atomic E-state index is 12.2. The van der Waals surface area contributed by atoms with Crippen LogP contribution in [0.3, 0.4) is 0 Å². The summed E-state index contributed by atoms with van der Waals surface area (Å²) in [5.41, 5.74) is 1.82. The molecule has 2 aromatic rings. The Balaban J connectivity index is 1.82. The van der Waals surface area contributed by atoms with Crippen molar-refractivity contribution in [3.63, 3.8) is 0 Å². The van der Waals surface area contributed by atoms with Crippen LogP contribution in [0, 0.1) is 0 Å². The molecule has 0 spiro atoms. The Hall–Kier alpha value is -2.69. The van der Waals surface area contributed by atoms with Crippen molar-refractivity contribution in [1.82, 2.24) is 15.2 Å². The Morgan fingerprint density at radius 1 is 1.09 bits per heavy atom. The number of nitrogens with one attached hydrogen (secondary N) is 1. The van der Waals surface area contributed by atoms with Crippen LogP contribution in [0.1, 0.15) is 24.6 Å². The van der Waals surface area contributed by atoms with Crippen LogP contribution >= 0.6 is 0 Å². The van der Waals surface area contributed by atoms with Crippen molar-refractivity contribution in [2.45, 2.75) is 26.4 Å². The van der Waals surface area contributed by atoms with Gasteiger partial charge in [-0.3, -0.25) is 14.6 Å². The first kappa shape index (κ1) is 16.7. The van der Waals surface area contributed by atoms with Crippen LogP contribution in [-0.2, 0) is 22.7 Å². The number of nitrogens with zero attached hydrogens (tertiary/aromatic N) is 2. The van der Waals surface area contributed by atoms with E-state index in [1.165, 1.54) is 0 Å². The van der Waals surface area contributed by atoms with Crippen molar-refractivity contribution in [3.8, 4) is 0 Å². The third-order valence-corrected chi connectivity index (χ3v) is 3.46. The van der Waals surface area contributed by atoms with Gasteiger partial charge in [0, 0.05) is 19.3 Å². The molecule has 0 atom stereocenters. The highest BCUT2D eigenvalue weighted by molar-refractivity contribution is 5.96. The van der Waals surface area contributed by atoms with Gasteiger partial charge in [0.15, 0.2) is 0 Å². The van der Waals surface area contributed by atoms with Gasteiger partial charge >= 0.3 is 0 Å². The summed E-state index contributed by atoms with van der Waals surface area (Å²) in [7, 11) is 0. The average molecular weight is 311 g/mol. The Kier molecular flexibility index (Phi) is 6.29. The molecule has 0 unspecified atom stereocenters. The minimum absolute atomic E-state index is 0.145. The van der Waals surface area contributed by atoms with E-state index in [-0.39, 0.29) is 18.2 Å². The zero-order valence-corrected chi connectivity index (χ0v) is 13.2. The second kappa shape index (κ2) is 8.68. The van der Waals surface area contributed by atoms with Gasteiger partial charge in [-0.05, 0) is 24.6 Å². The number of rotatable bonds is 7. The smallest absolute Gasteiger partial charge is 0.232 e. The Bertz CT molecular complexity index is 629. The predicted molar refractivity (Wildman–Crippen MR) is 88.2 cm³/mol. The highest BCUT2D eigenvalue weighted by Crippen LogP contribution is 2.06. The van der Waals surface area contributed by atoms with Crippen LogP contribution < -0.4 is 5.32 Å². The van der Waals surface area contributed by atoms with Gasteiger partial charge in [0.1, 0.15) is 6.42 Å². The minimum Gasteiger partial charge on any atom is -0.350 e. The molecule has 0 radical (unpaired) electrons. The van der Waals surface area contributed by atoms with Crippen LogP contribution in [0.15, 0.2) is 54.7 Å². The lowest BCUT2D eigenvalue weighted by Crippen LogP contribution is -2.35. The number of benzene rings is 1. The number of carbonyl (C=O) groups excluding carboxylic acids is 2. The summed E-state index contributed by atoms with van der Waals surface area (Å²) in [6.07, 6.45) is 1.53. The van der Waals surface area contributed by atoms with E-state index < -0.39 is 0 Å². The zero-order valence-electron chi connectivity index (χ0n) is 13.2. The number of hydrogen-bond donors (Lipinski definition) is 1. The van der Waals surface area contributed by atoms with E-state index in [2.05, 4.69) is 10.3 Å². The van der Waals surface area contributed by atoms with E-state index in [0.29, 0.717) is 19.6 Å². The third kappa shape index (κ3) is 5.54. The second-order valence-corrected chi connectivity index (χ2v) is 5.17. The van der Waals surface area contributed by atoms with Crippen LogP contribution in [0.25, 0.3) is 0 Å². The molecular weight excluding hydrogens is 290 g/mol. The highest BCUT2D eigenvalue weighted by Gasteiger charge is 2.16. The summed E-state index contributed by atoms with van der Waals surface area (Å²) in [4.78, 5) is 30.0. The zero-order chi connectivity index (χ0) is 16.5. The molecule has 0 fully saturated rings. The van der Waals surface area contributed by atoms with Gasteiger partial charge in [-0.15, -0.1) is 0 Å².